The van der Waals surface area contributed by atoms with Crippen LogP contribution in [0.1, 0.15) is 52.4 Å². The van der Waals surface area contributed by atoms with Gasteiger partial charge in [-0.2, -0.15) is 0 Å². The van der Waals surface area contributed by atoms with E-state index in [-0.39, 0.29) is 0 Å². The maximum Gasteiger partial charge on any atom is 0.125 e. The third-order valence-corrected chi connectivity index (χ3v) is 2.69. The fourth-order valence-corrected chi connectivity index (χ4v) is 2.00. The number of nitrogens with zero attached hydrogens (tertiary/aromatic N) is 2. The summed E-state index contributed by atoms with van der Waals surface area (Å²) in [5.74, 6) is 1.17. The van der Waals surface area contributed by atoms with Gasteiger partial charge in [-0.1, -0.05) is 27.7 Å². The van der Waals surface area contributed by atoms with E-state index in [0.29, 0.717) is 11.5 Å². The lowest BCUT2D eigenvalue weighted by molar-refractivity contribution is 0.308. The van der Waals surface area contributed by atoms with Crippen molar-refractivity contribution in [3.05, 3.63) is 18.2 Å². The second-order valence-corrected chi connectivity index (χ2v) is 5.58. The fourth-order valence-electron chi connectivity index (χ4n) is 2.00. The minimum absolute atomic E-state index is 0.316. The molecule has 1 unspecified atom stereocenters. The average Bonchev–Trinajstić information content (AvgIpc) is 2.61. The lowest BCUT2D eigenvalue weighted by Gasteiger charge is -2.25. The van der Waals surface area contributed by atoms with E-state index in [0.717, 1.165) is 19.4 Å². The fraction of sp³-hybridized carbons (Fsp3) is 0.769. The molecule has 3 heteroatoms. The van der Waals surface area contributed by atoms with Crippen LogP contribution in [-0.2, 0) is 6.54 Å². The summed E-state index contributed by atoms with van der Waals surface area (Å²) in [6.07, 6.45) is 6.23. The summed E-state index contributed by atoms with van der Waals surface area (Å²) < 4.78 is 2.26. The van der Waals surface area contributed by atoms with Crippen molar-refractivity contribution >= 4 is 0 Å². The van der Waals surface area contributed by atoms with Crippen LogP contribution in [-0.4, -0.2) is 16.6 Å². The molecule has 0 saturated carbocycles. The molecule has 0 aliphatic carbocycles. The lowest BCUT2D eigenvalue weighted by atomic mass is 9.88. The summed E-state index contributed by atoms with van der Waals surface area (Å²) in [6, 6.07) is 0.349. The number of imidazole rings is 1. The van der Waals surface area contributed by atoms with Crippen molar-refractivity contribution < 1.29 is 0 Å². The first-order valence-corrected chi connectivity index (χ1v) is 6.16. The maximum absolute atomic E-state index is 4.49. The maximum atomic E-state index is 4.49. The molecule has 3 nitrogen and oxygen atoms in total. The number of aromatic nitrogens is 2. The minimum Gasteiger partial charge on any atom is -0.334 e. The van der Waals surface area contributed by atoms with Crippen molar-refractivity contribution in [2.24, 2.45) is 5.41 Å². The SMILES string of the molecule is CCCn1ccnc1C(CC(C)(C)C)NC. The van der Waals surface area contributed by atoms with Crippen LogP contribution in [0.5, 0.6) is 0 Å². The van der Waals surface area contributed by atoms with Crippen LogP contribution >= 0.6 is 0 Å². The number of hydrogen-bond acceptors (Lipinski definition) is 2. The molecule has 0 bridgehead atoms. The molecular formula is C13H25N3. The van der Waals surface area contributed by atoms with Crippen LogP contribution in [0.15, 0.2) is 12.4 Å². The first-order valence-electron chi connectivity index (χ1n) is 6.16. The molecule has 1 aromatic rings. The van der Waals surface area contributed by atoms with Crippen LogP contribution in [0.3, 0.4) is 0 Å². The van der Waals surface area contributed by atoms with Crippen molar-refractivity contribution in [3.8, 4) is 0 Å². The predicted molar refractivity (Wildman–Crippen MR) is 68.4 cm³/mol. The largest absolute Gasteiger partial charge is 0.334 e. The van der Waals surface area contributed by atoms with Gasteiger partial charge in [0.25, 0.3) is 0 Å². The summed E-state index contributed by atoms with van der Waals surface area (Å²) in [6.45, 7) is 10.1. The summed E-state index contributed by atoms with van der Waals surface area (Å²) >= 11 is 0. The Morgan fingerprint density at radius 3 is 2.62 bits per heavy atom. The third-order valence-electron chi connectivity index (χ3n) is 2.69. The standard InChI is InChI=1S/C13H25N3/c1-6-8-16-9-7-15-12(16)11(14-5)10-13(2,3)4/h7,9,11,14H,6,8,10H2,1-5H3. The monoisotopic (exact) mass is 223 g/mol. The molecule has 0 fully saturated rings. The molecule has 1 aromatic heterocycles. The Bertz CT molecular complexity index is 309. The van der Waals surface area contributed by atoms with Crippen LogP contribution in [0.25, 0.3) is 0 Å². The number of nitrogens with one attached hydrogen (secondary N) is 1. The third kappa shape index (κ3) is 3.63. The quantitative estimate of drug-likeness (QED) is 0.831. The van der Waals surface area contributed by atoms with E-state index in [1.54, 1.807) is 0 Å². The van der Waals surface area contributed by atoms with Crippen molar-refractivity contribution in [1.29, 1.82) is 0 Å². The Morgan fingerprint density at radius 1 is 1.44 bits per heavy atom. The molecule has 0 aliphatic heterocycles. The summed E-state index contributed by atoms with van der Waals surface area (Å²) in [5.41, 5.74) is 0.316. The molecule has 1 atom stereocenters. The van der Waals surface area contributed by atoms with Gasteiger partial charge >= 0.3 is 0 Å². The Balaban J connectivity index is 2.82. The summed E-state index contributed by atoms with van der Waals surface area (Å²) in [5, 5.41) is 3.38. The molecule has 0 spiro atoms. The van der Waals surface area contributed by atoms with Crippen LogP contribution in [0.4, 0.5) is 0 Å². The van der Waals surface area contributed by atoms with E-state index in [1.165, 1.54) is 5.82 Å². The van der Waals surface area contributed by atoms with Crippen LogP contribution in [0.2, 0.25) is 0 Å². The lowest BCUT2D eigenvalue weighted by Crippen LogP contribution is -2.25. The highest BCUT2D eigenvalue weighted by atomic mass is 15.1. The van der Waals surface area contributed by atoms with Gasteiger partial charge < -0.3 is 9.88 Å². The molecule has 0 aromatic carbocycles. The van der Waals surface area contributed by atoms with Gasteiger partial charge in [-0.05, 0) is 25.3 Å². The van der Waals surface area contributed by atoms with Gasteiger partial charge in [-0.15, -0.1) is 0 Å². The zero-order valence-electron chi connectivity index (χ0n) is 11.2. The highest BCUT2D eigenvalue weighted by molar-refractivity contribution is 5.00. The highest BCUT2D eigenvalue weighted by Crippen LogP contribution is 2.28. The van der Waals surface area contributed by atoms with Gasteiger partial charge in [0.15, 0.2) is 0 Å². The van der Waals surface area contributed by atoms with Gasteiger partial charge in [-0.3, -0.25) is 0 Å². The van der Waals surface area contributed by atoms with Crippen molar-refractivity contribution in [3.63, 3.8) is 0 Å². The van der Waals surface area contributed by atoms with Gasteiger partial charge in [-0.25, -0.2) is 4.98 Å². The molecule has 16 heavy (non-hydrogen) atoms. The Kier molecular flexibility index (Phi) is 4.54. The Hall–Kier alpha value is -0.830. The number of hydrogen-bond donors (Lipinski definition) is 1. The molecule has 1 N–H and O–H groups in total. The van der Waals surface area contributed by atoms with Gasteiger partial charge in [0.05, 0.1) is 6.04 Å². The minimum atomic E-state index is 0.316. The smallest absolute Gasteiger partial charge is 0.125 e. The van der Waals surface area contributed by atoms with Crippen molar-refractivity contribution in [2.75, 3.05) is 7.05 Å². The zero-order valence-corrected chi connectivity index (χ0v) is 11.2. The van der Waals surface area contributed by atoms with Gasteiger partial charge in [0.1, 0.15) is 5.82 Å². The summed E-state index contributed by atoms with van der Waals surface area (Å²) in [4.78, 5) is 4.49. The van der Waals surface area contributed by atoms with Crippen molar-refractivity contribution in [1.82, 2.24) is 14.9 Å². The van der Waals surface area contributed by atoms with E-state index in [9.17, 15) is 0 Å². The first kappa shape index (κ1) is 13.2. The molecule has 92 valence electrons. The molecule has 0 radical (unpaired) electrons. The number of rotatable bonds is 5. The zero-order chi connectivity index (χ0) is 12.2. The molecular weight excluding hydrogens is 198 g/mol. The molecule has 0 saturated heterocycles. The molecule has 1 heterocycles. The predicted octanol–water partition coefficient (Wildman–Crippen LogP) is 2.99. The molecule has 0 amide bonds. The second-order valence-electron chi connectivity index (χ2n) is 5.58. The van der Waals surface area contributed by atoms with E-state index >= 15 is 0 Å². The van der Waals surface area contributed by atoms with E-state index in [2.05, 4.69) is 48.8 Å². The Morgan fingerprint density at radius 2 is 2.12 bits per heavy atom. The average molecular weight is 223 g/mol. The van der Waals surface area contributed by atoms with Gasteiger partial charge in [0.2, 0.25) is 0 Å². The van der Waals surface area contributed by atoms with Crippen LogP contribution < -0.4 is 5.32 Å². The van der Waals surface area contributed by atoms with Crippen molar-refractivity contribution in [2.45, 2.75) is 53.1 Å². The second kappa shape index (κ2) is 5.48. The topological polar surface area (TPSA) is 29.9 Å². The molecule has 1 rings (SSSR count). The first-order chi connectivity index (χ1) is 7.48. The normalized spacial score (nSPS) is 14.1. The van der Waals surface area contributed by atoms with Crippen LogP contribution in [0, 0.1) is 5.41 Å². The van der Waals surface area contributed by atoms with E-state index in [4.69, 9.17) is 0 Å². The summed E-state index contributed by atoms with van der Waals surface area (Å²) in [7, 11) is 2.02. The van der Waals surface area contributed by atoms with E-state index < -0.39 is 0 Å². The Labute approximate surface area is 99.3 Å². The van der Waals surface area contributed by atoms with E-state index in [1.807, 2.05) is 13.2 Å². The highest BCUT2D eigenvalue weighted by Gasteiger charge is 2.21. The number of aryl methyl sites for hydroxylation is 1. The van der Waals surface area contributed by atoms with Gasteiger partial charge in [0, 0.05) is 18.9 Å². The molecule has 0 aliphatic rings.